The number of nitrogens with zero attached hydrogens (tertiary/aromatic N) is 2. The summed E-state index contributed by atoms with van der Waals surface area (Å²) in [6, 6.07) is 10.6. The van der Waals surface area contributed by atoms with E-state index >= 15 is 0 Å². The molecule has 2 aliphatic rings. The van der Waals surface area contributed by atoms with Crippen LogP contribution in [0.5, 0.6) is 0 Å². The summed E-state index contributed by atoms with van der Waals surface area (Å²) >= 11 is 0. The van der Waals surface area contributed by atoms with Gasteiger partial charge in [-0.15, -0.1) is 0 Å². The quantitative estimate of drug-likeness (QED) is 0.868. The maximum absolute atomic E-state index is 5.88. The molecule has 0 radical (unpaired) electrons. The standard InChI is InChI=1S/C16H17N3O/c17-13-7-6-11(10-13)14-18-15(19-20-14)16(8-9-16)12-4-2-1-3-5-12/h1-7,11,13H,8-10,17H2. The second kappa shape index (κ2) is 4.28. The summed E-state index contributed by atoms with van der Waals surface area (Å²) in [4.78, 5) is 4.65. The normalized spacial score (nSPS) is 26.9. The van der Waals surface area contributed by atoms with Crippen LogP contribution in [0.15, 0.2) is 47.0 Å². The Balaban J connectivity index is 1.64. The van der Waals surface area contributed by atoms with Crippen LogP contribution in [0.25, 0.3) is 0 Å². The topological polar surface area (TPSA) is 64.9 Å². The predicted molar refractivity (Wildman–Crippen MR) is 75.2 cm³/mol. The lowest BCUT2D eigenvalue weighted by atomic mass is 9.95. The monoisotopic (exact) mass is 267 g/mol. The van der Waals surface area contributed by atoms with Crippen molar-refractivity contribution in [1.82, 2.24) is 10.1 Å². The third-order valence-corrected chi connectivity index (χ3v) is 4.38. The number of hydrogen-bond acceptors (Lipinski definition) is 4. The Hall–Kier alpha value is -1.94. The van der Waals surface area contributed by atoms with E-state index in [4.69, 9.17) is 10.3 Å². The number of aromatic nitrogens is 2. The zero-order valence-electron chi connectivity index (χ0n) is 11.2. The third-order valence-electron chi connectivity index (χ3n) is 4.38. The number of allylic oxidation sites excluding steroid dienone is 1. The van der Waals surface area contributed by atoms with E-state index in [2.05, 4.69) is 40.5 Å². The molecule has 2 aliphatic carbocycles. The minimum Gasteiger partial charge on any atom is -0.339 e. The smallest absolute Gasteiger partial charge is 0.233 e. The average molecular weight is 267 g/mol. The highest BCUT2D eigenvalue weighted by molar-refractivity contribution is 5.38. The van der Waals surface area contributed by atoms with Gasteiger partial charge in [-0.05, 0) is 24.8 Å². The third kappa shape index (κ3) is 1.79. The molecule has 4 nitrogen and oxygen atoms in total. The first-order valence-electron chi connectivity index (χ1n) is 7.11. The number of nitrogens with two attached hydrogens (primary N) is 1. The fourth-order valence-corrected chi connectivity index (χ4v) is 3.01. The van der Waals surface area contributed by atoms with Crippen molar-refractivity contribution >= 4 is 0 Å². The summed E-state index contributed by atoms with van der Waals surface area (Å²) in [6.45, 7) is 0. The van der Waals surface area contributed by atoms with Gasteiger partial charge in [-0.2, -0.15) is 4.98 Å². The van der Waals surface area contributed by atoms with E-state index in [1.54, 1.807) is 0 Å². The van der Waals surface area contributed by atoms with E-state index in [0.29, 0.717) is 5.89 Å². The molecule has 4 heteroatoms. The van der Waals surface area contributed by atoms with Crippen molar-refractivity contribution in [3.05, 3.63) is 59.8 Å². The lowest BCUT2D eigenvalue weighted by molar-refractivity contribution is 0.358. The van der Waals surface area contributed by atoms with Crippen molar-refractivity contribution in [2.24, 2.45) is 5.73 Å². The maximum Gasteiger partial charge on any atom is 0.233 e. The molecule has 2 aromatic rings. The van der Waals surface area contributed by atoms with Gasteiger partial charge in [0.05, 0.1) is 11.3 Å². The maximum atomic E-state index is 5.88. The van der Waals surface area contributed by atoms with Gasteiger partial charge in [0.1, 0.15) is 0 Å². The molecular weight excluding hydrogens is 250 g/mol. The predicted octanol–water partition coefficient (Wildman–Crippen LogP) is 2.52. The molecule has 0 saturated heterocycles. The molecular formula is C16H17N3O. The molecule has 1 heterocycles. The fraction of sp³-hybridized carbons (Fsp3) is 0.375. The second-order valence-corrected chi connectivity index (χ2v) is 5.80. The Kier molecular flexibility index (Phi) is 2.54. The first-order chi connectivity index (χ1) is 9.78. The lowest BCUT2D eigenvalue weighted by Gasteiger charge is -2.10. The molecule has 1 fully saturated rings. The Morgan fingerprint density at radius 2 is 1.95 bits per heavy atom. The van der Waals surface area contributed by atoms with Gasteiger partial charge in [0, 0.05) is 6.04 Å². The first-order valence-corrected chi connectivity index (χ1v) is 7.11. The van der Waals surface area contributed by atoms with E-state index in [9.17, 15) is 0 Å². The number of rotatable bonds is 3. The van der Waals surface area contributed by atoms with Crippen molar-refractivity contribution < 1.29 is 4.52 Å². The van der Waals surface area contributed by atoms with Crippen molar-refractivity contribution in [2.75, 3.05) is 0 Å². The van der Waals surface area contributed by atoms with Gasteiger partial charge in [-0.25, -0.2) is 0 Å². The van der Waals surface area contributed by atoms with Crippen LogP contribution in [0.3, 0.4) is 0 Å². The summed E-state index contributed by atoms with van der Waals surface area (Å²) in [5.41, 5.74) is 7.14. The van der Waals surface area contributed by atoms with Crippen LogP contribution in [0.2, 0.25) is 0 Å². The van der Waals surface area contributed by atoms with Crippen LogP contribution >= 0.6 is 0 Å². The van der Waals surface area contributed by atoms with Crippen molar-refractivity contribution in [3.8, 4) is 0 Å². The van der Waals surface area contributed by atoms with E-state index in [1.165, 1.54) is 5.56 Å². The van der Waals surface area contributed by atoms with Gasteiger partial charge < -0.3 is 10.3 Å². The molecule has 0 spiro atoms. The van der Waals surface area contributed by atoms with E-state index in [1.807, 2.05) is 12.1 Å². The van der Waals surface area contributed by atoms with Gasteiger partial charge in [0.2, 0.25) is 5.89 Å². The molecule has 1 aromatic heterocycles. The number of hydrogen-bond donors (Lipinski definition) is 1. The second-order valence-electron chi connectivity index (χ2n) is 5.80. The van der Waals surface area contributed by atoms with E-state index < -0.39 is 0 Å². The molecule has 2 N–H and O–H groups in total. The largest absolute Gasteiger partial charge is 0.339 e. The van der Waals surface area contributed by atoms with Crippen molar-refractivity contribution in [3.63, 3.8) is 0 Å². The first kappa shape index (κ1) is 11.9. The molecule has 1 aromatic carbocycles. The van der Waals surface area contributed by atoms with E-state index in [-0.39, 0.29) is 17.4 Å². The summed E-state index contributed by atoms with van der Waals surface area (Å²) in [5.74, 6) is 1.71. The highest BCUT2D eigenvalue weighted by atomic mass is 16.5. The van der Waals surface area contributed by atoms with Crippen LogP contribution in [0.1, 0.15) is 42.5 Å². The molecule has 4 rings (SSSR count). The molecule has 0 aliphatic heterocycles. The SMILES string of the molecule is NC1C=CC(c2nc(C3(c4ccccc4)CC3)no2)C1. The Labute approximate surface area is 117 Å². The molecule has 0 amide bonds. The molecule has 2 atom stereocenters. The van der Waals surface area contributed by atoms with Crippen LogP contribution < -0.4 is 5.73 Å². The van der Waals surface area contributed by atoms with Gasteiger partial charge in [0.25, 0.3) is 0 Å². The number of benzene rings is 1. The van der Waals surface area contributed by atoms with E-state index in [0.717, 1.165) is 25.1 Å². The van der Waals surface area contributed by atoms with Crippen LogP contribution in [-0.2, 0) is 5.41 Å². The van der Waals surface area contributed by atoms with Crippen molar-refractivity contribution in [1.29, 1.82) is 0 Å². The van der Waals surface area contributed by atoms with Gasteiger partial charge in [-0.3, -0.25) is 0 Å². The highest BCUT2D eigenvalue weighted by Gasteiger charge is 2.50. The lowest BCUT2D eigenvalue weighted by Crippen LogP contribution is -2.14. The zero-order valence-corrected chi connectivity index (χ0v) is 11.2. The fourth-order valence-electron chi connectivity index (χ4n) is 3.01. The van der Waals surface area contributed by atoms with Gasteiger partial charge in [0.15, 0.2) is 5.82 Å². The zero-order chi connectivity index (χ0) is 13.6. The highest BCUT2D eigenvalue weighted by Crippen LogP contribution is 2.52. The Bertz CT molecular complexity index is 643. The molecule has 102 valence electrons. The summed E-state index contributed by atoms with van der Waals surface area (Å²) < 4.78 is 5.48. The van der Waals surface area contributed by atoms with Crippen molar-refractivity contribution in [2.45, 2.75) is 36.6 Å². The minimum absolute atomic E-state index is 0.0204. The summed E-state index contributed by atoms with van der Waals surface area (Å²) in [7, 11) is 0. The Morgan fingerprint density at radius 1 is 1.15 bits per heavy atom. The molecule has 0 bridgehead atoms. The Morgan fingerprint density at radius 3 is 2.60 bits per heavy atom. The van der Waals surface area contributed by atoms with Gasteiger partial charge in [-0.1, -0.05) is 47.6 Å². The van der Waals surface area contributed by atoms with Crippen LogP contribution in [0.4, 0.5) is 0 Å². The molecule has 2 unspecified atom stereocenters. The average Bonchev–Trinajstić information content (AvgIpc) is 2.93. The summed E-state index contributed by atoms with van der Waals surface area (Å²) in [5, 5.41) is 4.24. The molecule has 1 saturated carbocycles. The summed E-state index contributed by atoms with van der Waals surface area (Å²) in [6.07, 6.45) is 7.13. The van der Waals surface area contributed by atoms with Gasteiger partial charge >= 0.3 is 0 Å². The molecule has 20 heavy (non-hydrogen) atoms. The minimum atomic E-state index is -0.0204. The van der Waals surface area contributed by atoms with Crippen LogP contribution in [-0.4, -0.2) is 16.2 Å². The van der Waals surface area contributed by atoms with Crippen LogP contribution in [0, 0.1) is 0 Å².